The largest absolute Gasteiger partial charge is 0.480 e. The van der Waals surface area contributed by atoms with Crippen molar-refractivity contribution >= 4 is 21.9 Å². The maximum atomic E-state index is 12.0. The molecule has 0 radical (unpaired) electrons. The minimum atomic E-state index is -0.925. The molecule has 1 aliphatic heterocycles. The summed E-state index contributed by atoms with van der Waals surface area (Å²) in [5.74, 6) is -0.769. The minimum absolute atomic E-state index is 0.554. The summed E-state index contributed by atoms with van der Waals surface area (Å²) in [4.78, 5) is 14.1. The summed E-state index contributed by atoms with van der Waals surface area (Å²) in [6, 6.07) is 7.64. The average Bonchev–Trinajstić information content (AvgIpc) is 2.41. The molecule has 104 valence electrons. The van der Waals surface area contributed by atoms with E-state index in [1.54, 1.807) is 0 Å². The molecule has 0 amide bonds. The van der Waals surface area contributed by atoms with E-state index >= 15 is 0 Å². The second-order valence-corrected chi connectivity index (χ2v) is 5.68. The van der Waals surface area contributed by atoms with Crippen LogP contribution in [-0.2, 0) is 10.3 Å². The van der Waals surface area contributed by atoms with Crippen molar-refractivity contribution in [2.75, 3.05) is 26.2 Å². The highest BCUT2D eigenvalue weighted by atomic mass is 79.9. The van der Waals surface area contributed by atoms with Crippen molar-refractivity contribution in [3.05, 3.63) is 34.3 Å². The fourth-order valence-electron chi connectivity index (χ4n) is 2.81. The number of aliphatic carboxylic acids is 1. The lowest BCUT2D eigenvalue weighted by molar-refractivity contribution is -0.153. The van der Waals surface area contributed by atoms with Crippen LogP contribution in [0.15, 0.2) is 28.7 Å². The Balaban J connectivity index is 2.46. The molecule has 0 saturated carbocycles. The molecule has 0 spiro atoms. The summed E-state index contributed by atoms with van der Waals surface area (Å²) in [6.45, 7) is 5.13. The van der Waals surface area contributed by atoms with Gasteiger partial charge in [0.15, 0.2) is 0 Å². The topological polar surface area (TPSA) is 52.6 Å². The van der Waals surface area contributed by atoms with Crippen molar-refractivity contribution in [3.63, 3.8) is 0 Å². The van der Waals surface area contributed by atoms with Crippen LogP contribution in [0.5, 0.6) is 0 Å². The van der Waals surface area contributed by atoms with Gasteiger partial charge in [0.25, 0.3) is 0 Å². The number of nitrogens with zero attached hydrogens (tertiary/aromatic N) is 1. The molecular weight excluding hydrogens is 308 g/mol. The van der Waals surface area contributed by atoms with E-state index in [0.717, 1.165) is 36.2 Å². The van der Waals surface area contributed by atoms with E-state index in [9.17, 15) is 9.90 Å². The molecule has 1 unspecified atom stereocenters. The molecule has 19 heavy (non-hydrogen) atoms. The molecule has 1 aromatic rings. The number of hydrogen-bond donors (Lipinski definition) is 2. The van der Waals surface area contributed by atoms with Gasteiger partial charge < -0.3 is 10.4 Å². The Morgan fingerprint density at radius 3 is 2.68 bits per heavy atom. The summed E-state index contributed by atoms with van der Waals surface area (Å²) < 4.78 is 0.916. The molecule has 2 N–H and O–H groups in total. The van der Waals surface area contributed by atoms with E-state index in [0.29, 0.717) is 6.42 Å². The Labute approximate surface area is 121 Å². The van der Waals surface area contributed by atoms with Gasteiger partial charge in [-0.1, -0.05) is 35.0 Å². The SMILES string of the molecule is CCC(C(=O)O)(c1cccc(Br)c1)N1CCNCC1. The zero-order valence-electron chi connectivity index (χ0n) is 11.0. The summed E-state index contributed by atoms with van der Waals surface area (Å²) in [5, 5.41) is 13.1. The van der Waals surface area contributed by atoms with Crippen LogP contribution in [0, 0.1) is 0 Å². The van der Waals surface area contributed by atoms with E-state index in [4.69, 9.17) is 0 Å². The molecule has 0 bridgehead atoms. The number of piperazine rings is 1. The third kappa shape index (κ3) is 2.68. The van der Waals surface area contributed by atoms with E-state index < -0.39 is 11.5 Å². The van der Waals surface area contributed by atoms with Crippen molar-refractivity contribution in [2.45, 2.75) is 18.9 Å². The monoisotopic (exact) mass is 326 g/mol. The zero-order chi connectivity index (χ0) is 13.9. The van der Waals surface area contributed by atoms with Gasteiger partial charge in [-0.15, -0.1) is 0 Å². The van der Waals surface area contributed by atoms with Gasteiger partial charge in [-0.3, -0.25) is 4.90 Å². The van der Waals surface area contributed by atoms with Gasteiger partial charge in [-0.05, 0) is 24.1 Å². The standard InChI is InChI=1S/C14H19BrN2O2/c1-2-14(13(18)19,17-8-6-16-7-9-17)11-4-3-5-12(15)10-11/h3-5,10,16H,2,6-9H2,1H3,(H,18,19). The molecule has 2 rings (SSSR count). The number of benzene rings is 1. The summed E-state index contributed by atoms with van der Waals surface area (Å²) in [6.07, 6.45) is 0.554. The van der Waals surface area contributed by atoms with Gasteiger partial charge >= 0.3 is 5.97 Å². The smallest absolute Gasteiger partial charge is 0.328 e. The van der Waals surface area contributed by atoms with Crippen molar-refractivity contribution in [1.82, 2.24) is 10.2 Å². The second-order valence-electron chi connectivity index (χ2n) is 4.77. The van der Waals surface area contributed by atoms with Crippen LogP contribution in [0.3, 0.4) is 0 Å². The maximum absolute atomic E-state index is 12.0. The third-order valence-electron chi connectivity index (χ3n) is 3.82. The molecular formula is C14H19BrN2O2. The molecule has 0 aromatic heterocycles. The molecule has 1 saturated heterocycles. The van der Waals surface area contributed by atoms with Crippen molar-refractivity contribution < 1.29 is 9.90 Å². The Hall–Kier alpha value is -0.910. The van der Waals surface area contributed by atoms with Gasteiger partial charge in [0.05, 0.1) is 0 Å². The van der Waals surface area contributed by atoms with Crippen LogP contribution >= 0.6 is 15.9 Å². The lowest BCUT2D eigenvalue weighted by atomic mass is 9.85. The number of carboxylic acid groups (broad SMARTS) is 1. The lowest BCUT2D eigenvalue weighted by Crippen LogP contribution is -2.58. The number of carboxylic acids is 1. The highest BCUT2D eigenvalue weighted by Crippen LogP contribution is 2.34. The fourth-order valence-corrected chi connectivity index (χ4v) is 3.21. The Kier molecular flexibility index (Phi) is 4.60. The van der Waals surface area contributed by atoms with Crippen molar-refractivity contribution in [2.24, 2.45) is 0 Å². The van der Waals surface area contributed by atoms with E-state index in [-0.39, 0.29) is 0 Å². The first-order valence-corrected chi connectivity index (χ1v) is 7.35. The van der Waals surface area contributed by atoms with Crippen LogP contribution in [0.2, 0.25) is 0 Å². The van der Waals surface area contributed by atoms with E-state index in [1.165, 1.54) is 0 Å². The van der Waals surface area contributed by atoms with Crippen LogP contribution in [0.25, 0.3) is 0 Å². The van der Waals surface area contributed by atoms with Gasteiger partial charge in [0.2, 0.25) is 0 Å². The Bertz CT molecular complexity index is 461. The predicted molar refractivity (Wildman–Crippen MR) is 78.2 cm³/mol. The van der Waals surface area contributed by atoms with E-state index in [2.05, 4.69) is 26.1 Å². The predicted octanol–water partition coefficient (Wildman–Crippen LogP) is 2.04. The maximum Gasteiger partial charge on any atom is 0.328 e. The third-order valence-corrected chi connectivity index (χ3v) is 4.32. The average molecular weight is 327 g/mol. The first kappa shape index (κ1) is 14.5. The molecule has 4 nitrogen and oxygen atoms in total. The van der Waals surface area contributed by atoms with Crippen LogP contribution in [0.1, 0.15) is 18.9 Å². The summed E-state index contributed by atoms with van der Waals surface area (Å²) >= 11 is 3.43. The molecule has 5 heteroatoms. The Morgan fingerprint density at radius 1 is 1.47 bits per heavy atom. The van der Waals surface area contributed by atoms with E-state index in [1.807, 2.05) is 31.2 Å². The minimum Gasteiger partial charge on any atom is -0.480 e. The number of nitrogens with one attached hydrogen (secondary N) is 1. The van der Waals surface area contributed by atoms with Crippen molar-refractivity contribution in [3.8, 4) is 0 Å². The lowest BCUT2D eigenvalue weighted by Gasteiger charge is -2.42. The quantitative estimate of drug-likeness (QED) is 0.889. The highest BCUT2D eigenvalue weighted by Gasteiger charge is 2.44. The number of carbonyl (C=O) groups is 1. The summed E-state index contributed by atoms with van der Waals surface area (Å²) in [5.41, 5.74) is -0.0786. The summed E-state index contributed by atoms with van der Waals surface area (Å²) in [7, 11) is 0. The van der Waals surface area contributed by atoms with Gasteiger partial charge in [-0.25, -0.2) is 4.79 Å². The molecule has 1 aromatic carbocycles. The molecule has 1 fully saturated rings. The second kappa shape index (κ2) is 6.03. The number of hydrogen-bond acceptors (Lipinski definition) is 3. The molecule has 1 heterocycles. The van der Waals surface area contributed by atoms with Crippen LogP contribution in [0.4, 0.5) is 0 Å². The van der Waals surface area contributed by atoms with Gasteiger partial charge in [0, 0.05) is 30.7 Å². The molecule has 0 aliphatic carbocycles. The van der Waals surface area contributed by atoms with Crippen LogP contribution in [-0.4, -0.2) is 42.2 Å². The number of halogens is 1. The van der Waals surface area contributed by atoms with Gasteiger partial charge in [0.1, 0.15) is 5.54 Å². The number of rotatable bonds is 4. The normalized spacial score (nSPS) is 19.9. The fraction of sp³-hybridized carbons (Fsp3) is 0.500. The highest BCUT2D eigenvalue weighted by molar-refractivity contribution is 9.10. The Morgan fingerprint density at radius 2 is 2.16 bits per heavy atom. The molecule has 1 aliphatic rings. The molecule has 1 atom stereocenters. The first-order chi connectivity index (χ1) is 9.11. The zero-order valence-corrected chi connectivity index (χ0v) is 12.6. The van der Waals surface area contributed by atoms with Crippen LogP contribution < -0.4 is 5.32 Å². The van der Waals surface area contributed by atoms with Gasteiger partial charge in [-0.2, -0.15) is 0 Å². The van der Waals surface area contributed by atoms with Crippen molar-refractivity contribution in [1.29, 1.82) is 0 Å². The first-order valence-electron chi connectivity index (χ1n) is 6.56.